The fourth-order valence-corrected chi connectivity index (χ4v) is 2.13. The van der Waals surface area contributed by atoms with E-state index in [4.69, 9.17) is 5.26 Å². The minimum atomic E-state index is -0.254. The molecule has 1 N–H and O–H groups in total. The smallest absolute Gasteiger partial charge is 0.252 e. The van der Waals surface area contributed by atoms with Gasteiger partial charge in [0.05, 0.1) is 16.8 Å². The number of carbonyl (C=O) groups is 2. The van der Waals surface area contributed by atoms with E-state index >= 15 is 0 Å². The minimum absolute atomic E-state index is 0.191. The number of nitriles is 1. The summed E-state index contributed by atoms with van der Waals surface area (Å²) in [4.78, 5) is 29.2. The molecule has 0 fully saturated rings. The van der Waals surface area contributed by atoms with E-state index in [9.17, 15) is 9.59 Å². The Kier molecular flexibility index (Phi) is 5.42. The molecule has 0 saturated heterocycles. The van der Waals surface area contributed by atoms with Gasteiger partial charge in [0.15, 0.2) is 0 Å². The fraction of sp³-hybridized carbons (Fsp3) is 0.176. The average Bonchev–Trinajstić information content (AvgIpc) is 2.59. The highest BCUT2D eigenvalue weighted by atomic mass is 16.2. The number of hydrogen-bond donors (Lipinski definition) is 1. The molecule has 2 amide bonds. The molecule has 2 aromatic rings. The molecule has 116 valence electrons. The Morgan fingerprint density at radius 1 is 1.26 bits per heavy atom. The second-order valence-electron chi connectivity index (χ2n) is 4.80. The van der Waals surface area contributed by atoms with E-state index in [0.29, 0.717) is 16.8 Å². The lowest BCUT2D eigenvalue weighted by Gasteiger charge is -2.22. The molecule has 0 atom stereocenters. The molecule has 0 unspecified atom stereocenters. The molecule has 0 aliphatic rings. The molecule has 2 rings (SSSR count). The standard InChI is InChI=1S/C17H16N4O2/c1-13(22)21(16-7-3-2-5-14(16)11-18)10-9-20-17(23)15-6-4-8-19-12-15/h2-8,12H,9-10H2,1H3,(H,20,23). The van der Waals surface area contributed by atoms with Gasteiger partial charge in [-0.15, -0.1) is 0 Å². The minimum Gasteiger partial charge on any atom is -0.350 e. The van der Waals surface area contributed by atoms with Crippen LogP contribution in [0.5, 0.6) is 0 Å². The van der Waals surface area contributed by atoms with Crippen molar-refractivity contribution in [3.8, 4) is 6.07 Å². The van der Waals surface area contributed by atoms with Crippen LogP contribution in [0.2, 0.25) is 0 Å². The van der Waals surface area contributed by atoms with Gasteiger partial charge >= 0.3 is 0 Å². The zero-order valence-corrected chi connectivity index (χ0v) is 12.7. The van der Waals surface area contributed by atoms with Crippen LogP contribution in [-0.4, -0.2) is 29.9 Å². The van der Waals surface area contributed by atoms with Crippen LogP contribution in [-0.2, 0) is 4.79 Å². The number of nitrogens with zero attached hydrogens (tertiary/aromatic N) is 3. The summed E-state index contributed by atoms with van der Waals surface area (Å²) in [6.45, 7) is 1.98. The first-order chi connectivity index (χ1) is 11.1. The summed E-state index contributed by atoms with van der Waals surface area (Å²) in [5.74, 6) is -0.446. The van der Waals surface area contributed by atoms with Crippen LogP contribution in [0.1, 0.15) is 22.8 Å². The highest BCUT2D eigenvalue weighted by Crippen LogP contribution is 2.19. The monoisotopic (exact) mass is 308 g/mol. The topological polar surface area (TPSA) is 86.1 Å². The van der Waals surface area contributed by atoms with Gasteiger partial charge in [-0.05, 0) is 24.3 Å². The number of amides is 2. The van der Waals surface area contributed by atoms with E-state index in [1.54, 1.807) is 42.6 Å². The van der Waals surface area contributed by atoms with Crippen molar-refractivity contribution in [3.05, 3.63) is 59.9 Å². The van der Waals surface area contributed by atoms with Crippen LogP contribution < -0.4 is 10.2 Å². The van der Waals surface area contributed by atoms with E-state index in [2.05, 4.69) is 16.4 Å². The van der Waals surface area contributed by atoms with Gasteiger partial charge in [0, 0.05) is 32.4 Å². The number of nitrogens with one attached hydrogen (secondary N) is 1. The lowest BCUT2D eigenvalue weighted by Crippen LogP contribution is -2.38. The van der Waals surface area contributed by atoms with Crippen molar-refractivity contribution in [1.82, 2.24) is 10.3 Å². The number of rotatable bonds is 5. The van der Waals surface area contributed by atoms with Crippen molar-refractivity contribution in [3.63, 3.8) is 0 Å². The summed E-state index contributed by atoms with van der Waals surface area (Å²) in [5, 5.41) is 11.9. The molecule has 6 heteroatoms. The Balaban J connectivity index is 2.03. The van der Waals surface area contributed by atoms with Gasteiger partial charge in [0.25, 0.3) is 5.91 Å². The Bertz CT molecular complexity index is 738. The Morgan fingerprint density at radius 2 is 2.04 bits per heavy atom. The second kappa shape index (κ2) is 7.71. The Morgan fingerprint density at radius 3 is 2.70 bits per heavy atom. The van der Waals surface area contributed by atoms with Crippen LogP contribution in [0.4, 0.5) is 5.69 Å². The third-order valence-corrected chi connectivity index (χ3v) is 3.24. The fourth-order valence-electron chi connectivity index (χ4n) is 2.13. The van der Waals surface area contributed by atoms with Gasteiger partial charge < -0.3 is 10.2 Å². The molecular formula is C17H16N4O2. The summed E-state index contributed by atoms with van der Waals surface area (Å²) in [6, 6.07) is 12.3. The summed E-state index contributed by atoms with van der Waals surface area (Å²) in [6.07, 6.45) is 3.07. The average molecular weight is 308 g/mol. The molecule has 0 aliphatic heterocycles. The van der Waals surface area contributed by atoms with Crippen molar-refractivity contribution >= 4 is 17.5 Å². The molecule has 0 radical (unpaired) electrons. The molecule has 6 nitrogen and oxygen atoms in total. The van der Waals surface area contributed by atoms with E-state index in [-0.39, 0.29) is 24.9 Å². The molecular weight excluding hydrogens is 292 g/mol. The largest absolute Gasteiger partial charge is 0.350 e. The SMILES string of the molecule is CC(=O)N(CCNC(=O)c1cccnc1)c1ccccc1C#N. The highest BCUT2D eigenvalue weighted by Gasteiger charge is 2.15. The lowest BCUT2D eigenvalue weighted by atomic mass is 10.1. The van der Waals surface area contributed by atoms with Gasteiger partial charge in [-0.25, -0.2) is 0 Å². The number of pyridine rings is 1. The molecule has 23 heavy (non-hydrogen) atoms. The first-order valence-electron chi connectivity index (χ1n) is 7.09. The van der Waals surface area contributed by atoms with Gasteiger partial charge in [0.1, 0.15) is 6.07 Å². The molecule has 0 spiro atoms. The van der Waals surface area contributed by atoms with Crippen LogP contribution in [0.3, 0.4) is 0 Å². The molecule has 0 aliphatic carbocycles. The summed E-state index contributed by atoms with van der Waals surface area (Å²) in [5.41, 5.74) is 1.42. The molecule has 1 aromatic carbocycles. The van der Waals surface area contributed by atoms with Gasteiger partial charge in [0.2, 0.25) is 5.91 Å². The Labute approximate surface area is 134 Å². The van der Waals surface area contributed by atoms with Gasteiger partial charge in [-0.1, -0.05) is 12.1 Å². The number of aromatic nitrogens is 1. The van der Waals surface area contributed by atoms with Crippen molar-refractivity contribution in [2.24, 2.45) is 0 Å². The first-order valence-corrected chi connectivity index (χ1v) is 7.09. The predicted molar refractivity (Wildman–Crippen MR) is 85.8 cm³/mol. The number of hydrogen-bond acceptors (Lipinski definition) is 4. The van der Waals surface area contributed by atoms with Crippen LogP contribution in [0, 0.1) is 11.3 Å². The van der Waals surface area contributed by atoms with Gasteiger partial charge in [-0.3, -0.25) is 14.6 Å². The summed E-state index contributed by atoms with van der Waals surface area (Å²) in [7, 11) is 0. The lowest BCUT2D eigenvalue weighted by molar-refractivity contribution is -0.116. The zero-order valence-electron chi connectivity index (χ0n) is 12.7. The number of anilines is 1. The van der Waals surface area contributed by atoms with E-state index in [1.165, 1.54) is 18.0 Å². The second-order valence-corrected chi connectivity index (χ2v) is 4.80. The molecule has 1 aromatic heterocycles. The maximum atomic E-state index is 11.9. The quantitative estimate of drug-likeness (QED) is 0.911. The van der Waals surface area contributed by atoms with Crippen molar-refractivity contribution in [2.45, 2.75) is 6.92 Å². The van der Waals surface area contributed by atoms with Crippen LogP contribution in [0.15, 0.2) is 48.8 Å². The molecule has 0 saturated carbocycles. The number of para-hydroxylation sites is 1. The van der Waals surface area contributed by atoms with Crippen molar-refractivity contribution in [1.29, 1.82) is 5.26 Å². The van der Waals surface area contributed by atoms with Crippen LogP contribution >= 0.6 is 0 Å². The predicted octanol–water partition coefficient (Wildman–Crippen LogP) is 1.74. The van der Waals surface area contributed by atoms with Crippen molar-refractivity contribution in [2.75, 3.05) is 18.0 Å². The summed E-state index contributed by atoms with van der Waals surface area (Å²) >= 11 is 0. The van der Waals surface area contributed by atoms with Crippen molar-refractivity contribution < 1.29 is 9.59 Å². The molecule has 0 bridgehead atoms. The normalized spacial score (nSPS) is 9.74. The Hall–Kier alpha value is -3.20. The zero-order chi connectivity index (χ0) is 16.7. The molecule has 1 heterocycles. The number of carbonyl (C=O) groups excluding carboxylic acids is 2. The number of benzene rings is 1. The maximum Gasteiger partial charge on any atom is 0.252 e. The van der Waals surface area contributed by atoms with E-state index in [1.807, 2.05) is 0 Å². The van der Waals surface area contributed by atoms with E-state index < -0.39 is 0 Å². The third-order valence-electron chi connectivity index (χ3n) is 3.24. The highest BCUT2D eigenvalue weighted by molar-refractivity contribution is 5.94. The van der Waals surface area contributed by atoms with Gasteiger partial charge in [-0.2, -0.15) is 5.26 Å². The first kappa shape index (κ1) is 16.2. The summed E-state index contributed by atoms with van der Waals surface area (Å²) < 4.78 is 0. The maximum absolute atomic E-state index is 11.9. The third kappa shape index (κ3) is 4.14. The van der Waals surface area contributed by atoms with E-state index in [0.717, 1.165) is 0 Å². The van der Waals surface area contributed by atoms with Crippen LogP contribution in [0.25, 0.3) is 0 Å².